The van der Waals surface area contributed by atoms with Crippen molar-refractivity contribution in [2.45, 2.75) is 46.6 Å². The fraction of sp³-hybridized carbons (Fsp3) is 0.750. The lowest BCUT2D eigenvalue weighted by molar-refractivity contribution is 0.270. The summed E-state index contributed by atoms with van der Waals surface area (Å²) < 4.78 is 0. The van der Waals surface area contributed by atoms with E-state index >= 15 is 0 Å². The normalized spacial score (nSPS) is 19.0. The zero-order valence-electron chi connectivity index (χ0n) is 14.1. The third-order valence-corrected chi connectivity index (χ3v) is 4.33. The Bertz CT molecular complexity index is 474. The molecule has 1 unspecified atom stereocenters. The number of aryl methyl sites for hydroxylation is 1. The summed E-state index contributed by atoms with van der Waals surface area (Å²) in [7, 11) is 2.15. The van der Waals surface area contributed by atoms with Crippen molar-refractivity contribution in [1.82, 2.24) is 14.9 Å². The summed E-state index contributed by atoms with van der Waals surface area (Å²) in [6.07, 6.45) is 2.61. The minimum absolute atomic E-state index is 0.650. The van der Waals surface area contributed by atoms with Crippen LogP contribution in [0.3, 0.4) is 0 Å². The van der Waals surface area contributed by atoms with Gasteiger partial charge in [-0.25, -0.2) is 9.97 Å². The van der Waals surface area contributed by atoms with E-state index in [0.717, 1.165) is 42.7 Å². The molecule has 0 bridgehead atoms. The summed E-state index contributed by atoms with van der Waals surface area (Å²) in [4.78, 5) is 14.0. The molecule has 1 saturated heterocycles. The van der Waals surface area contributed by atoms with Gasteiger partial charge in [0.15, 0.2) is 0 Å². The molecule has 0 spiro atoms. The number of hydrogen-bond acceptors (Lipinski definition) is 5. The van der Waals surface area contributed by atoms with E-state index in [2.05, 4.69) is 52.9 Å². The molecule has 1 aliphatic heterocycles. The molecular formula is C16H29N5. The van der Waals surface area contributed by atoms with E-state index in [-0.39, 0.29) is 0 Å². The third-order valence-electron chi connectivity index (χ3n) is 4.33. The number of rotatable bonds is 6. The molecule has 118 valence electrons. The summed E-state index contributed by atoms with van der Waals surface area (Å²) in [6, 6.07) is 0.650. The van der Waals surface area contributed by atoms with Crippen LogP contribution in [-0.2, 0) is 0 Å². The molecule has 0 amide bonds. The van der Waals surface area contributed by atoms with Crippen molar-refractivity contribution in [2.75, 3.05) is 43.4 Å². The molecule has 1 aromatic rings. The largest absolute Gasteiger partial charge is 0.370 e. The molecule has 1 atom stereocenters. The van der Waals surface area contributed by atoms with Gasteiger partial charge in [-0.15, -0.1) is 0 Å². The SMILES string of the molecule is CCNc1nc(C)nc(N(C)CC2CCCN2CC)c1C. The second kappa shape index (κ2) is 7.07. The van der Waals surface area contributed by atoms with Crippen LogP contribution in [0.1, 0.15) is 38.1 Å². The summed E-state index contributed by atoms with van der Waals surface area (Å²) in [5, 5.41) is 3.34. The molecule has 5 heteroatoms. The molecule has 21 heavy (non-hydrogen) atoms. The fourth-order valence-electron chi connectivity index (χ4n) is 3.25. The number of likely N-dealkylation sites (N-methyl/N-ethyl adjacent to an activating group) is 2. The van der Waals surface area contributed by atoms with Crippen LogP contribution in [0.15, 0.2) is 0 Å². The Morgan fingerprint density at radius 2 is 2.05 bits per heavy atom. The summed E-state index contributed by atoms with van der Waals surface area (Å²) >= 11 is 0. The first-order valence-corrected chi connectivity index (χ1v) is 8.11. The molecular weight excluding hydrogens is 262 g/mol. The molecule has 2 rings (SSSR count). The van der Waals surface area contributed by atoms with Crippen molar-refractivity contribution < 1.29 is 0 Å². The van der Waals surface area contributed by atoms with Crippen LogP contribution < -0.4 is 10.2 Å². The molecule has 1 aliphatic rings. The zero-order valence-corrected chi connectivity index (χ0v) is 14.1. The number of nitrogens with one attached hydrogen (secondary N) is 1. The summed E-state index contributed by atoms with van der Waals surface area (Å²) in [5.41, 5.74) is 1.14. The molecule has 5 nitrogen and oxygen atoms in total. The van der Waals surface area contributed by atoms with Crippen molar-refractivity contribution in [3.8, 4) is 0 Å². The Hall–Kier alpha value is -1.36. The molecule has 0 aromatic carbocycles. The monoisotopic (exact) mass is 291 g/mol. The first-order valence-electron chi connectivity index (χ1n) is 8.11. The maximum Gasteiger partial charge on any atom is 0.137 e. The van der Waals surface area contributed by atoms with E-state index in [0.29, 0.717) is 6.04 Å². The second-order valence-corrected chi connectivity index (χ2v) is 5.90. The number of nitrogens with zero attached hydrogens (tertiary/aromatic N) is 4. The highest BCUT2D eigenvalue weighted by Gasteiger charge is 2.25. The minimum atomic E-state index is 0.650. The summed E-state index contributed by atoms with van der Waals surface area (Å²) in [6.45, 7) is 12.7. The van der Waals surface area contributed by atoms with Gasteiger partial charge >= 0.3 is 0 Å². The predicted octanol–water partition coefficient (Wildman–Crippen LogP) is 2.45. The van der Waals surface area contributed by atoms with Gasteiger partial charge in [-0.05, 0) is 46.7 Å². The lowest BCUT2D eigenvalue weighted by atomic mass is 10.2. The molecule has 0 saturated carbocycles. The lowest BCUT2D eigenvalue weighted by Gasteiger charge is -2.29. The van der Waals surface area contributed by atoms with Crippen LogP contribution >= 0.6 is 0 Å². The smallest absolute Gasteiger partial charge is 0.137 e. The Balaban J connectivity index is 2.16. The van der Waals surface area contributed by atoms with Gasteiger partial charge in [0.25, 0.3) is 0 Å². The van der Waals surface area contributed by atoms with Crippen LogP contribution in [0.2, 0.25) is 0 Å². The van der Waals surface area contributed by atoms with Gasteiger partial charge < -0.3 is 10.2 Å². The lowest BCUT2D eigenvalue weighted by Crippen LogP contribution is -2.39. The van der Waals surface area contributed by atoms with Gasteiger partial charge in [-0.3, -0.25) is 4.90 Å². The third kappa shape index (κ3) is 3.64. The van der Waals surface area contributed by atoms with Crippen LogP contribution in [0, 0.1) is 13.8 Å². The first kappa shape index (κ1) is 16.0. The van der Waals surface area contributed by atoms with E-state index < -0.39 is 0 Å². The van der Waals surface area contributed by atoms with Crippen LogP contribution in [0.5, 0.6) is 0 Å². The Morgan fingerprint density at radius 1 is 1.29 bits per heavy atom. The molecule has 2 heterocycles. The van der Waals surface area contributed by atoms with Gasteiger partial charge in [-0.2, -0.15) is 0 Å². The predicted molar refractivity (Wildman–Crippen MR) is 89.2 cm³/mol. The van der Waals surface area contributed by atoms with E-state index in [9.17, 15) is 0 Å². The molecule has 1 aromatic heterocycles. The second-order valence-electron chi connectivity index (χ2n) is 5.90. The Labute approximate surface area is 128 Å². The van der Waals surface area contributed by atoms with Gasteiger partial charge in [0.1, 0.15) is 17.5 Å². The van der Waals surface area contributed by atoms with Gasteiger partial charge in [-0.1, -0.05) is 6.92 Å². The maximum absolute atomic E-state index is 4.66. The molecule has 1 N–H and O–H groups in total. The quantitative estimate of drug-likeness (QED) is 0.872. The molecule has 1 fully saturated rings. The van der Waals surface area contributed by atoms with Crippen molar-refractivity contribution in [3.05, 3.63) is 11.4 Å². The van der Waals surface area contributed by atoms with Gasteiger partial charge in [0.2, 0.25) is 0 Å². The highest BCUT2D eigenvalue weighted by Crippen LogP contribution is 2.25. The number of anilines is 2. The Kier molecular flexibility index (Phi) is 5.39. The number of hydrogen-bond donors (Lipinski definition) is 1. The molecule has 0 radical (unpaired) electrons. The van der Waals surface area contributed by atoms with Crippen molar-refractivity contribution in [3.63, 3.8) is 0 Å². The first-order chi connectivity index (χ1) is 10.1. The molecule has 0 aliphatic carbocycles. The van der Waals surface area contributed by atoms with Crippen molar-refractivity contribution in [1.29, 1.82) is 0 Å². The van der Waals surface area contributed by atoms with Crippen LogP contribution in [0.4, 0.5) is 11.6 Å². The highest BCUT2D eigenvalue weighted by atomic mass is 15.3. The van der Waals surface area contributed by atoms with Gasteiger partial charge in [0.05, 0.1) is 0 Å². The van der Waals surface area contributed by atoms with Crippen LogP contribution in [0.25, 0.3) is 0 Å². The van der Waals surface area contributed by atoms with Crippen LogP contribution in [-0.4, -0.2) is 54.1 Å². The van der Waals surface area contributed by atoms with Crippen molar-refractivity contribution in [2.24, 2.45) is 0 Å². The standard InChI is InChI=1S/C16H29N5/c1-6-17-15-12(3)16(19-13(4)18-15)20(5)11-14-9-8-10-21(14)7-2/h14H,6-11H2,1-5H3,(H,17,18,19). The van der Waals surface area contributed by atoms with Crippen molar-refractivity contribution >= 4 is 11.6 Å². The fourth-order valence-corrected chi connectivity index (χ4v) is 3.25. The number of likely N-dealkylation sites (tertiary alicyclic amines) is 1. The summed E-state index contributed by atoms with van der Waals surface area (Å²) in [5.74, 6) is 2.85. The Morgan fingerprint density at radius 3 is 2.71 bits per heavy atom. The van der Waals surface area contributed by atoms with E-state index in [4.69, 9.17) is 0 Å². The maximum atomic E-state index is 4.66. The van der Waals surface area contributed by atoms with E-state index in [1.807, 2.05) is 6.92 Å². The average molecular weight is 291 g/mol. The average Bonchev–Trinajstić information content (AvgIpc) is 2.89. The minimum Gasteiger partial charge on any atom is -0.370 e. The zero-order chi connectivity index (χ0) is 15.4. The van der Waals surface area contributed by atoms with E-state index in [1.165, 1.54) is 19.4 Å². The van der Waals surface area contributed by atoms with E-state index in [1.54, 1.807) is 0 Å². The van der Waals surface area contributed by atoms with Gasteiger partial charge in [0, 0.05) is 31.7 Å². The topological polar surface area (TPSA) is 44.3 Å². The number of aromatic nitrogens is 2. The highest BCUT2D eigenvalue weighted by molar-refractivity contribution is 5.58.